The van der Waals surface area contributed by atoms with Gasteiger partial charge in [0.05, 0.1) is 16.6 Å². The highest BCUT2D eigenvalue weighted by Gasteiger charge is 2.63. The molecule has 0 radical (unpaired) electrons. The molecule has 13 nitrogen and oxygen atoms in total. The van der Waals surface area contributed by atoms with Crippen LogP contribution in [0, 0.1) is 17.8 Å². The monoisotopic (exact) mass is 643 g/mol. The number of nitrogens with zero attached hydrogens (tertiary/aromatic N) is 1. The Morgan fingerprint density at radius 2 is 1.82 bits per heavy atom. The van der Waals surface area contributed by atoms with E-state index in [1.54, 1.807) is 37.1 Å². The van der Waals surface area contributed by atoms with E-state index in [0.29, 0.717) is 37.1 Å². The second-order valence-corrected chi connectivity index (χ2v) is 15.0. The smallest absolute Gasteiger partial charge is 0.411 e. The Labute approximate surface area is 262 Å². The van der Waals surface area contributed by atoms with E-state index in [2.05, 4.69) is 20.7 Å². The van der Waals surface area contributed by atoms with Gasteiger partial charge in [-0.25, -0.2) is 13.2 Å². The van der Waals surface area contributed by atoms with E-state index in [4.69, 9.17) is 4.74 Å². The minimum Gasteiger partial charge on any atom is -0.446 e. The molecule has 1 aromatic carbocycles. The average Bonchev–Trinajstić information content (AvgIpc) is 3.88. The van der Waals surface area contributed by atoms with Gasteiger partial charge in [-0.15, -0.1) is 0 Å². The molecule has 244 valence electrons. The summed E-state index contributed by atoms with van der Waals surface area (Å²) in [5, 5.41) is 7.94. The van der Waals surface area contributed by atoms with Crippen molar-refractivity contribution in [2.75, 3.05) is 26.0 Å². The summed E-state index contributed by atoms with van der Waals surface area (Å²) >= 11 is 0. The minimum atomic E-state index is -3.94. The van der Waals surface area contributed by atoms with Crippen molar-refractivity contribution in [2.24, 2.45) is 17.8 Å². The molecular formula is C31H41N5O8S. The van der Waals surface area contributed by atoms with Crippen LogP contribution >= 0.6 is 0 Å². The van der Waals surface area contributed by atoms with Crippen LogP contribution in [-0.2, 0) is 29.1 Å². The van der Waals surface area contributed by atoms with Crippen LogP contribution in [0.5, 0.6) is 0 Å². The number of rotatable bonds is 6. The molecule has 1 heterocycles. The van der Waals surface area contributed by atoms with E-state index in [-0.39, 0.29) is 31.1 Å². The number of ether oxygens (including phenoxy) is 1. The highest BCUT2D eigenvalue weighted by Crippen LogP contribution is 2.48. The van der Waals surface area contributed by atoms with Gasteiger partial charge in [-0.2, -0.15) is 0 Å². The van der Waals surface area contributed by atoms with Crippen molar-refractivity contribution in [3.8, 4) is 0 Å². The lowest BCUT2D eigenvalue weighted by Crippen LogP contribution is -2.55. The molecule has 5 amide bonds. The maximum Gasteiger partial charge on any atom is 0.411 e. The molecule has 3 saturated carbocycles. The number of carbonyl (C=O) groups excluding carboxylic acids is 5. The zero-order chi connectivity index (χ0) is 32.6. The SMILES string of the molecule is CNC(=O)c1cccc(NC(=O)OC2CC3C(=O)NC4(C(=O)NS(=O)(=O)C5(C)CC5)CC4C=CCCCCN(C)C(=O)C3C2)c1. The minimum absolute atomic E-state index is 0.0381. The number of sulfonamides is 1. The van der Waals surface area contributed by atoms with Crippen molar-refractivity contribution in [3.05, 3.63) is 42.0 Å². The summed E-state index contributed by atoms with van der Waals surface area (Å²) in [5.41, 5.74) is -0.778. The second kappa shape index (κ2) is 12.5. The van der Waals surface area contributed by atoms with Gasteiger partial charge >= 0.3 is 6.09 Å². The summed E-state index contributed by atoms with van der Waals surface area (Å²) in [6.07, 6.45) is 5.73. The Bertz CT molecular complexity index is 1520. The molecule has 3 aliphatic carbocycles. The van der Waals surface area contributed by atoms with Crippen LogP contribution in [0.4, 0.5) is 10.5 Å². The molecule has 45 heavy (non-hydrogen) atoms. The van der Waals surface area contributed by atoms with Crippen LogP contribution < -0.4 is 20.7 Å². The molecule has 1 aromatic rings. The van der Waals surface area contributed by atoms with Crippen LogP contribution in [0.1, 0.15) is 68.6 Å². The van der Waals surface area contributed by atoms with E-state index in [1.807, 2.05) is 12.2 Å². The first-order chi connectivity index (χ1) is 21.3. The molecular weight excluding hydrogens is 602 g/mol. The van der Waals surface area contributed by atoms with Crippen LogP contribution in [0.2, 0.25) is 0 Å². The number of carbonyl (C=O) groups is 5. The summed E-state index contributed by atoms with van der Waals surface area (Å²) in [5.74, 6) is -4.05. The van der Waals surface area contributed by atoms with Gasteiger partial charge in [0, 0.05) is 37.8 Å². The number of nitrogens with one attached hydrogen (secondary N) is 4. The van der Waals surface area contributed by atoms with Gasteiger partial charge in [-0.05, 0) is 76.5 Å². The van der Waals surface area contributed by atoms with Gasteiger partial charge in [-0.1, -0.05) is 18.2 Å². The molecule has 5 rings (SSSR count). The fourth-order valence-corrected chi connectivity index (χ4v) is 7.48. The lowest BCUT2D eigenvalue weighted by atomic mass is 9.93. The van der Waals surface area contributed by atoms with E-state index in [9.17, 15) is 32.4 Å². The molecule has 0 bridgehead atoms. The first-order valence-corrected chi connectivity index (χ1v) is 16.9. The number of benzene rings is 1. The van der Waals surface area contributed by atoms with Crippen LogP contribution in [0.15, 0.2) is 36.4 Å². The van der Waals surface area contributed by atoms with Gasteiger partial charge < -0.3 is 20.3 Å². The lowest BCUT2D eigenvalue weighted by molar-refractivity contribution is -0.140. The van der Waals surface area contributed by atoms with Crippen molar-refractivity contribution >= 4 is 45.4 Å². The van der Waals surface area contributed by atoms with E-state index >= 15 is 0 Å². The molecule has 0 spiro atoms. The third kappa shape index (κ3) is 6.85. The van der Waals surface area contributed by atoms with Gasteiger partial charge in [0.25, 0.3) is 11.8 Å². The van der Waals surface area contributed by atoms with Crippen molar-refractivity contribution in [2.45, 2.75) is 74.7 Å². The standard InChI is InChI=1S/C31H41N5O8S/c1-30(12-13-30)45(42,43)35-28(40)31-18-20(31)10-6-4-5-7-14-36(3)27(39)24-17-22(16-23(24)26(38)34-31)44-29(41)33-21-11-8-9-19(15-21)25(37)32-2/h6,8-11,15,20,22-24H,4-5,7,12-14,16-18H2,1-3H3,(H,32,37)(H,33,41)(H,34,38)(H,35,40). The number of hydrogen-bond donors (Lipinski definition) is 4. The Hall–Kier alpha value is -3.94. The zero-order valence-electron chi connectivity index (χ0n) is 25.8. The fraction of sp³-hybridized carbons (Fsp3) is 0.581. The number of fused-ring (bicyclic) bond motifs is 2. The Balaban J connectivity index is 1.33. The van der Waals surface area contributed by atoms with E-state index in [1.165, 1.54) is 13.1 Å². The molecule has 0 saturated heterocycles. The number of amides is 5. The van der Waals surface area contributed by atoms with Gasteiger partial charge in [0.1, 0.15) is 11.6 Å². The lowest BCUT2D eigenvalue weighted by Gasteiger charge is -2.27. The Morgan fingerprint density at radius 1 is 1.09 bits per heavy atom. The van der Waals surface area contributed by atoms with Crippen molar-refractivity contribution in [3.63, 3.8) is 0 Å². The van der Waals surface area contributed by atoms with Gasteiger partial charge in [-0.3, -0.25) is 29.2 Å². The molecule has 5 unspecified atom stereocenters. The zero-order valence-corrected chi connectivity index (χ0v) is 26.6. The predicted octanol–water partition coefficient (Wildman–Crippen LogP) is 2.06. The summed E-state index contributed by atoms with van der Waals surface area (Å²) in [7, 11) is -0.766. The Kier molecular flexibility index (Phi) is 8.98. The van der Waals surface area contributed by atoms with Gasteiger partial charge in [0.15, 0.2) is 0 Å². The molecule has 1 aliphatic heterocycles. The first-order valence-electron chi connectivity index (χ1n) is 15.4. The second-order valence-electron chi connectivity index (χ2n) is 12.8. The van der Waals surface area contributed by atoms with Crippen LogP contribution in [0.3, 0.4) is 0 Å². The number of hydrogen-bond acceptors (Lipinski definition) is 8. The number of allylic oxidation sites excluding steroid dienone is 1. The van der Waals surface area contributed by atoms with Gasteiger partial charge in [0.2, 0.25) is 21.8 Å². The summed E-state index contributed by atoms with van der Waals surface area (Å²) in [4.78, 5) is 67.3. The molecule has 4 N–H and O–H groups in total. The Morgan fingerprint density at radius 3 is 2.53 bits per heavy atom. The predicted molar refractivity (Wildman–Crippen MR) is 164 cm³/mol. The first kappa shape index (κ1) is 32.5. The summed E-state index contributed by atoms with van der Waals surface area (Å²) in [6.45, 7) is 2.08. The van der Waals surface area contributed by atoms with Crippen molar-refractivity contribution < 1.29 is 37.1 Å². The maximum absolute atomic E-state index is 13.9. The van der Waals surface area contributed by atoms with E-state index < -0.39 is 62.1 Å². The molecule has 3 fully saturated rings. The molecule has 14 heteroatoms. The quantitative estimate of drug-likeness (QED) is 0.340. The highest BCUT2D eigenvalue weighted by atomic mass is 32.2. The van der Waals surface area contributed by atoms with Crippen LogP contribution in [-0.4, -0.2) is 80.1 Å². The van der Waals surface area contributed by atoms with Crippen molar-refractivity contribution in [1.29, 1.82) is 0 Å². The fourth-order valence-electron chi connectivity index (χ4n) is 6.17. The normalized spacial score (nSPS) is 29.3. The third-order valence-electron chi connectivity index (χ3n) is 9.50. The maximum atomic E-state index is 13.9. The topological polar surface area (TPSA) is 180 Å². The number of anilines is 1. The largest absolute Gasteiger partial charge is 0.446 e. The highest BCUT2D eigenvalue weighted by molar-refractivity contribution is 7.91. The van der Waals surface area contributed by atoms with E-state index in [0.717, 1.165) is 12.8 Å². The molecule has 5 atom stereocenters. The molecule has 0 aromatic heterocycles. The average molecular weight is 644 g/mol. The van der Waals surface area contributed by atoms with Crippen molar-refractivity contribution in [1.82, 2.24) is 20.3 Å². The summed E-state index contributed by atoms with van der Waals surface area (Å²) in [6, 6.07) is 6.30. The molecule has 4 aliphatic rings. The van der Waals surface area contributed by atoms with Crippen LogP contribution in [0.25, 0.3) is 0 Å². The summed E-state index contributed by atoms with van der Waals surface area (Å²) < 4.78 is 32.6. The third-order valence-corrected chi connectivity index (χ3v) is 11.7.